The Morgan fingerprint density at radius 2 is 1.91 bits per heavy atom. The Hall–Kier alpha value is -4.21. The fraction of sp³-hybridized carbons (Fsp3) is 0.250. The van der Waals surface area contributed by atoms with Crippen LogP contribution in [-0.4, -0.2) is 96.0 Å². The van der Waals surface area contributed by atoms with Crippen LogP contribution in [0.3, 0.4) is 0 Å². The van der Waals surface area contributed by atoms with Crippen LogP contribution >= 0.6 is 46.2 Å². The van der Waals surface area contributed by atoms with Gasteiger partial charge in [-0.1, -0.05) is 58.6 Å². The Morgan fingerprint density at radius 3 is 2.49 bits per heavy atom. The van der Waals surface area contributed by atoms with E-state index in [0.29, 0.717) is 21.4 Å². The zero-order valence-electron chi connectivity index (χ0n) is 22.5. The first-order valence-electron chi connectivity index (χ1n) is 12.2. The standard InChI is InChI=1S/C22H19N7O5S4.C2HF3O2/c1-34-28-13(12-9-36-21(23)24-12)16(30)25-14-18(31)29-15(20(32)33)11(7-35-19(14)29)8-37-22-27-26-17(38-22)10-5-3-2-4-6-10;3-2(4,5)1(6)7/h2-6,9,14,19H,7-8H2,1H3,(H2,23,24)(H,25,30)(H,32,33);(H,6,7)/t14-,19+;/m1./s1. The number of carboxylic acids is 2. The Balaban J connectivity index is 0.000000591. The molecule has 45 heavy (non-hydrogen) atoms. The van der Waals surface area contributed by atoms with Crippen LogP contribution in [0.25, 0.3) is 10.6 Å². The average Bonchev–Trinajstić information content (AvgIpc) is 3.66. The molecule has 3 aromatic rings. The first kappa shape index (κ1) is 33.7. The highest BCUT2D eigenvalue weighted by Gasteiger charge is 2.54. The summed E-state index contributed by atoms with van der Waals surface area (Å²) in [4.78, 5) is 57.0. The third-order valence-corrected chi connectivity index (χ3v) is 9.94. The number of thiazole rings is 1. The summed E-state index contributed by atoms with van der Waals surface area (Å²) in [6.07, 6.45) is -5.08. The number of halogens is 3. The number of carboxylic acid groups (broad SMARTS) is 2. The van der Waals surface area contributed by atoms with Crippen LogP contribution in [0.2, 0.25) is 0 Å². The maximum atomic E-state index is 13.0. The molecule has 2 atom stereocenters. The van der Waals surface area contributed by atoms with Gasteiger partial charge in [-0.2, -0.15) is 13.2 Å². The molecule has 14 nitrogen and oxygen atoms in total. The number of fused-ring (bicyclic) bond motifs is 1. The number of nitrogens with one attached hydrogen (secondary N) is 1. The predicted octanol–water partition coefficient (Wildman–Crippen LogP) is 2.76. The second-order valence-electron chi connectivity index (χ2n) is 8.64. The van der Waals surface area contributed by atoms with Crippen LogP contribution in [0.5, 0.6) is 0 Å². The molecule has 1 fully saturated rings. The van der Waals surface area contributed by atoms with Gasteiger partial charge in [0.15, 0.2) is 15.2 Å². The van der Waals surface area contributed by atoms with Gasteiger partial charge in [-0.15, -0.1) is 33.3 Å². The molecule has 5 rings (SSSR count). The normalized spacial score (nSPS) is 17.9. The number of alkyl halides is 3. The van der Waals surface area contributed by atoms with Crippen molar-refractivity contribution in [1.29, 1.82) is 0 Å². The van der Waals surface area contributed by atoms with Crippen molar-refractivity contribution in [3.8, 4) is 10.6 Å². The number of anilines is 1. The number of hydrogen-bond donors (Lipinski definition) is 4. The molecule has 238 valence electrons. The molecule has 4 heterocycles. The highest BCUT2D eigenvalue weighted by molar-refractivity contribution is 8.01. The highest BCUT2D eigenvalue weighted by Crippen LogP contribution is 2.42. The summed E-state index contributed by atoms with van der Waals surface area (Å²) in [5.74, 6) is -4.45. The highest BCUT2D eigenvalue weighted by atomic mass is 32.2. The van der Waals surface area contributed by atoms with Crippen LogP contribution in [0.4, 0.5) is 18.3 Å². The lowest BCUT2D eigenvalue weighted by Gasteiger charge is -2.49. The monoisotopic (exact) mass is 703 g/mol. The summed E-state index contributed by atoms with van der Waals surface area (Å²) in [6, 6.07) is 8.72. The fourth-order valence-electron chi connectivity index (χ4n) is 3.81. The van der Waals surface area contributed by atoms with E-state index < -0.39 is 41.3 Å². The van der Waals surface area contributed by atoms with E-state index in [-0.39, 0.29) is 22.2 Å². The van der Waals surface area contributed by atoms with Crippen molar-refractivity contribution < 1.29 is 47.4 Å². The summed E-state index contributed by atoms with van der Waals surface area (Å²) in [6.45, 7) is 0. The van der Waals surface area contributed by atoms with Crippen LogP contribution in [0, 0.1) is 0 Å². The molecule has 0 saturated carbocycles. The number of hydrogen-bond acceptors (Lipinski definition) is 14. The Labute approximate surface area is 267 Å². The number of carbonyl (C=O) groups is 4. The van der Waals surface area contributed by atoms with Crippen molar-refractivity contribution in [2.45, 2.75) is 21.9 Å². The van der Waals surface area contributed by atoms with E-state index in [1.807, 2.05) is 30.3 Å². The molecule has 5 N–H and O–H groups in total. The Bertz CT molecular complexity index is 1660. The van der Waals surface area contributed by atoms with Gasteiger partial charge in [0, 0.05) is 22.4 Å². The Kier molecular flexibility index (Phi) is 10.7. The van der Waals surface area contributed by atoms with Crippen molar-refractivity contribution in [2.24, 2.45) is 5.16 Å². The molecule has 1 saturated heterocycles. The molecule has 0 bridgehead atoms. The zero-order valence-corrected chi connectivity index (χ0v) is 25.8. The predicted molar refractivity (Wildman–Crippen MR) is 160 cm³/mol. The third kappa shape index (κ3) is 7.90. The lowest BCUT2D eigenvalue weighted by Crippen LogP contribution is -2.71. The first-order chi connectivity index (χ1) is 21.3. The van der Waals surface area contributed by atoms with Crippen LogP contribution in [0.15, 0.2) is 56.5 Å². The summed E-state index contributed by atoms with van der Waals surface area (Å²) < 4.78 is 32.4. The van der Waals surface area contributed by atoms with Crippen molar-refractivity contribution in [1.82, 2.24) is 25.4 Å². The van der Waals surface area contributed by atoms with E-state index >= 15 is 0 Å². The van der Waals surface area contributed by atoms with E-state index in [0.717, 1.165) is 21.9 Å². The number of nitrogens with zero attached hydrogens (tertiary/aromatic N) is 5. The van der Waals surface area contributed by atoms with Gasteiger partial charge in [-0.25, -0.2) is 14.6 Å². The second kappa shape index (κ2) is 14.3. The fourth-order valence-corrected chi connectivity index (χ4v) is 7.70. The minimum atomic E-state index is -5.08. The molecule has 0 spiro atoms. The lowest BCUT2D eigenvalue weighted by atomic mass is 10.0. The summed E-state index contributed by atoms with van der Waals surface area (Å²) in [5, 5.41) is 33.8. The molecule has 2 aliphatic rings. The quantitative estimate of drug-likeness (QED) is 0.109. The number of carbonyl (C=O) groups excluding carboxylic acids is 2. The van der Waals surface area contributed by atoms with Crippen LogP contribution < -0.4 is 11.1 Å². The number of oxime groups is 1. The molecular formula is C24H20F3N7O7S4. The van der Waals surface area contributed by atoms with Crippen molar-refractivity contribution >= 4 is 80.8 Å². The molecule has 1 aromatic carbocycles. The zero-order chi connectivity index (χ0) is 32.9. The third-order valence-electron chi connectivity index (χ3n) is 5.74. The minimum Gasteiger partial charge on any atom is -0.477 e. The number of β-lactam (4-membered cyclic amide) rings is 1. The van der Waals surface area contributed by atoms with E-state index in [1.54, 1.807) is 5.38 Å². The smallest absolute Gasteiger partial charge is 0.477 e. The van der Waals surface area contributed by atoms with Gasteiger partial charge < -0.3 is 26.1 Å². The number of nitrogens with two attached hydrogens (primary N) is 1. The summed E-state index contributed by atoms with van der Waals surface area (Å²) >= 11 is 5.29. The van der Waals surface area contributed by atoms with Gasteiger partial charge in [-0.3, -0.25) is 14.5 Å². The van der Waals surface area contributed by atoms with Crippen LogP contribution in [-0.2, 0) is 24.0 Å². The van der Waals surface area contributed by atoms with Gasteiger partial charge in [-0.05, 0) is 5.57 Å². The second-order valence-corrected chi connectivity index (χ2v) is 12.8. The molecule has 2 amide bonds. The molecule has 0 radical (unpaired) electrons. The van der Waals surface area contributed by atoms with E-state index in [9.17, 15) is 32.7 Å². The topological polar surface area (TPSA) is 210 Å². The maximum absolute atomic E-state index is 13.0. The average molecular weight is 704 g/mol. The molecular weight excluding hydrogens is 684 g/mol. The lowest BCUT2D eigenvalue weighted by molar-refractivity contribution is -0.192. The summed E-state index contributed by atoms with van der Waals surface area (Å²) in [5.41, 5.74) is 7.21. The van der Waals surface area contributed by atoms with Crippen LogP contribution in [0.1, 0.15) is 5.69 Å². The molecule has 0 unspecified atom stereocenters. The van der Waals surface area contributed by atoms with Crippen molar-refractivity contribution in [2.75, 3.05) is 24.3 Å². The number of benzene rings is 1. The molecule has 2 aliphatic heterocycles. The van der Waals surface area contributed by atoms with E-state index in [1.165, 1.54) is 46.9 Å². The van der Waals surface area contributed by atoms with Crippen molar-refractivity contribution in [3.63, 3.8) is 0 Å². The number of amides is 2. The van der Waals surface area contributed by atoms with Gasteiger partial charge in [0.1, 0.15) is 34.9 Å². The van der Waals surface area contributed by atoms with Gasteiger partial charge in [0.25, 0.3) is 11.8 Å². The number of thioether (sulfide) groups is 2. The number of aliphatic carboxylic acids is 2. The number of aromatic nitrogens is 3. The molecule has 2 aromatic heterocycles. The van der Waals surface area contributed by atoms with Gasteiger partial charge in [0.2, 0.25) is 0 Å². The largest absolute Gasteiger partial charge is 0.490 e. The minimum absolute atomic E-state index is 0.0670. The number of nitrogen functional groups attached to an aromatic ring is 1. The molecule has 21 heteroatoms. The van der Waals surface area contributed by atoms with Crippen molar-refractivity contribution in [3.05, 3.63) is 52.7 Å². The Morgan fingerprint density at radius 1 is 1.22 bits per heavy atom. The first-order valence-corrected chi connectivity index (χ1v) is 15.9. The molecule has 0 aliphatic carbocycles. The maximum Gasteiger partial charge on any atom is 0.490 e. The summed E-state index contributed by atoms with van der Waals surface area (Å²) in [7, 11) is 1.28. The van der Waals surface area contributed by atoms with Gasteiger partial charge in [0.05, 0.1) is 0 Å². The number of rotatable bonds is 9. The SMILES string of the molecule is CON=C(C(=O)N[C@@H]1C(=O)N2C(C(=O)O)=C(CSc3nnc(-c4ccccc4)s3)CS[C@@H]12)c1csc(N)n1.O=C(O)C(F)(F)F. The van der Waals surface area contributed by atoms with E-state index in [2.05, 4.69) is 25.7 Å². The van der Waals surface area contributed by atoms with Gasteiger partial charge >= 0.3 is 18.1 Å². The van der Waals surface area contributed by atoms with E-state index in [4.69, 9.17) is 20.5 Å².